The Balaban J connectivity index is 1.41. The normalized spacial score (nSPS) is 19.1. The summed E-state index contributed by atoms with van der Waals surface area (Å²) in [6, 6.07) is 9.43. The van der Waals surface area contributed by atoms with Gasteiger partial charge in [-0.05, 0) is 50.0 Å². The number of rotatable bonds is 5. The van der Waals surface area contributed by atoms with E-state index in [2.05, 4.69) is 33.4 Å². The van der Waals surface area contributed by atoms with E-state index in [1.54, 1.807) is 0 Å². The molecular formula is C21H30N4S. The summed E-state index contributed by atoms with van der Waals surface area (Å²) in [7, 11) is 0. The van der Waals surface area contributed by atoms with E-state index in [0.29, 0.717) is 12.1 Å². The summed E-state index contributed by atoms with van der Waals surface area (Å²) in [6.07, 6.45) is 12.7. The molecular weight excluding hydrogens is 340 g/mol. The van der Waals surface area contributed by atoms with Crippen LogP contribution >= 0.6 is 12.2 Å². The molecule has 0 spiro atoms. The first-order chi connectivity index (χ1) is 12.8. The molecule has 26 heavy (non-hydrogen) atoms. The van der Waals surface area contributed by atoms with Crippen molar-refractivity contribution < 1.29 is 0 Å². The lowest BCUT2D eigenvalue weighted by Crippen LogP contribution is -2.49. The molecule has 1 aromatic carbocycles. The highest BCUT2D eigenvalue weighted by Gasteiger charge is 2.26. The number of H-pyrrole nitrogens is 1. The molecule has 1 heterocycles. The van der Waals surface area contributed by atoms with Crippen LogP contribution in [-0.2, 0) is 6.42 Å². The molecule has 2 saturated carbocycles. The summed E-state index contributed by atoms with van der Waals surface area (Å²) in [5.74, 6) is 1.06. The lowest BCUT2D eigenvalue weighted by Gasteiger charge is -2.34. The quantitative estimate of drug-likeness (QED) is 0.758. The summed E-state index contributed by atoms with van der Waals surface area (Å²) in [5, 5.41) is 4.66. The first-order valence-electron chi connectivity index (χ1n) is 10.3. The van der Waals surface area contributed by atoms with E-state index in [0.717, 1.165) is 34.9 Å². The van der Waals surface area contributed by atoms with Gasteiger partial charge in [0, 0.05) is 25.0 Å². The summed E-state index contributed by atoms with van der Waals surface area (Å²) < 4.78 is 0. The SMILES string of the molecule is S=C(NC1CCCCC1)N(CCc1nc2ccccc2[nH]1)C1CCCC1. The van der Waals surface area contributed by atoms with Gasteiger partial charge in [0.15, 0.2) is 5.11 Å². The van der Waals surface area contributed by atoms with Gasteiger partial charge >= 0.3 is 0 Å². The van der Waals surface area contributed by atoms with Crippen molar-refractivity contribution in [3.05, 3.63) is 30.1 Å². The zero-order valence-corrected chi connectivity index (χ0v) is 16.4. The van der Waals surface area contributed by atoms with Gasteiger partial charge in [-0.25, -0.2) is 4.98 Å². The summed E-state index contributed by atoms with van der Waals surface area (Å²) in [6.45, 7) is 0.947. The van der Waals surface area contributed by atoms with Gasteiger partial charge in [0.2, 0.25) is 0 Å². The minimum atomic E-state index is 0.575. The number of imidazole rings is 1. The monoisotopic (exact) mass is 370 g/mol. The molecule has 0 bridgehead atoms. The summed E-state index contributed by atoms with van der Waals surface area (Å²) in [5.41, 5.74) is 2.18. The van der Waals surface area contributed by atoms with Crippen LogP contribution in [0, 0.1) is 0 Å². The van der Waals surface area contributed by atoms with E-state index in [9.17, 15) is 0 Å². The number of aromatic amines is 1. The number of hydrogen-bond acceptors (Lipinski definition) is 2. The number of para-hydroxylation sites is 2. The predicted molar refractivity (Wildman–Crippen MR) is 111 cm³/mol. The molecule has 2 aliphatic rings. The average Bonchev–Trinajstić information content (AvgIpc) is 3.32. The van der Waals surface area contributed by atoms with Gasteiger partial charge in [0.05, 0.1) is 11.0 Å². The maximum atomic E-state index is 5.86. The van der Waals surface area contributed by atoms with Crippen LogP contribution in [0.4, 0.5) is 0 Å². The van der Waals surface area contributed by atoms with Crippen molar-refractivity contribution in [1.82, 2.24) is 20.2 Å². The van der Waals surface area contributed by atoms with Gasteiger partial charge in [0.1, 0.15) is 5.82 Å². The molecule has 0 unspecified atom stereocenters. The van der Waals surface area contributed by atoms with E-state index in [1.807, 2.05) is 6.07 Å². The molecule has 140 valence electrons. The number of aromatic nitrogens is 2. The van der Waals surface area contributed by atoms with Crippen molar-refractivity contribution in [2.75, 3.05) is 6.54 Å². The zero-order chi connectivity index (χ0) is 17.8. The third kappa shape index (κ3) is 4.20. The Hall–Kier alpha value is -1.62. The Morgan fingerprint density at radius 2 is 1.81 bits per heavy atom. The first-order valence-corrected chi connectivity index (χ1v) is 10.7. The van der Waals surface area contributed by atoms with E-state index >= 15 is 0 Å². The molecule has 0 atom stereocenters. The third-order valence-electron chi connectivity index (χ3n) is 5.99. The second kappa shape index (κ2) is 8.38. The average molecular weight is 371 g/mol. The number of hydrogen-bond donors (Lipinski definition) is 2. The molecule has 2 aromatic rings. The Morgan fingerprint density at radius 1 is 1.08 bits per heavy atom. The largest absolute Gasteiger partial charge is 0.360 e. The number of nitrogens with zero attached hydrogens (tertiary/aromatic N) is 2. The zero-order valence-electron chi connectivity index (χ0n) is 15.5. The molecule has 1 aromatic heterocycles. The molecule has 2 N–H and O–H groups in total. The van der Waals surface area contributed by atoms with Crippen molar-refractivity contribution in [3.8, 4) is 0 Å². The van der Waals surface area contributed by atoms with Crippen molar-refractivity contribution in [1.29, 1.82) is 0 Å². The standard InChI is InChI=1S/C21H30N4S/c26-21(22-16-8-2-1-3-9-16)25(17-10-4-5-11-17)15-14-20-23-18-12-6-7-13-19(18)24-20/h6-7,12-13,16-17H,1-5,8-11,14-15H2,(H,22,26)(H,23,24). The minimum Gasteiger partial charge on any atom is -0.360 e. The van der Waals surface area contributed by atoms with Crippen LogP contribution in [0.15, 0.2) is 24.3 Å². The van der Waals surface area contributed by atoms with Gasteiger partial charge in [-0.2, -0.15) is 0 Å². The van der Waals surface area contributed by atoms with E-state index < -0.39 is 0 Å². The lowest BCUT2D eigenvalue weighted by atomic mass is 9.96. The van der Waals surface area contributed by atoms with Crippen molar-refractivity contribution >= 4 is 28.4 Å². The Morgan fingerprint density at radius 3 is 2.58 bits per heavy atom. The minimum absolute atomic E-state index is 0.575. The molecule has 0 aliphatic heterocycles. The van der Waals surface area contributed by atoms with Gasteiger partial charge < -0.3 is 15.2 Å². The van der Waals surface area contributed by atoms with Crippen LogP contribution < -0.4 is 5.32 Å². The summed E-state index contributed by atoms with van der Waals surface area (Å²) in [4.78, 5) is 10.7. The third-order valence-corrected chi connectivity index (χ3v) is 6.34. The Labute approximate surface area is 161 Å². The Bertz CT molecular complexity index is 695. The smallest absolute Gasteiger partial charge is 0.169 e. The molecule has 4 rings (SSSR count). The lowest BCUT2D eigenvalue weighted by molar-refractivity contribution is 0.301. The molecule has 2 fully saturated rings. The van der Waals surface area contributed by atoms with Gasteiger partial charge in [-0.3, -0.25) is 0 Å². The van der Waals surface area contributed by atoms with Gasteiger partial charge in [0.25, 0.3) is 0 Å². The highest BCUT2D eigenvalue weighted by atomic mass is 32.1. The second-order valence-electron chi connectivity index (χ2n) is 7.87. The van der Waals surface area contributed by atoms with Crippen LogP contribution in [0.3, 0.4) is 0 Å². The molecule has 4 nitrogen and oxygen atoms in total. The highest BCUT2D eigenvalue weighted by molar-refractivity contribution is 7.80. The fourth-order valence-electron chi connectivity index (χ4n) is 4.52. The first kappa shape index (κ1) is 17.8. The molecule has 0 amide bonds. The van der Waals surface area contributed by atoms with Crippen molar-refractivity contribution in [2.24, 2.45) is 0 Å². The molecule has 5 heteroatoms. The Kier molecular flexibility index (Phi) is 5.73. The molecule has 0 saturated heterocycles. The second-order valence-corrected chi connectivity index (χ2v) is 8.25. The highest BCUT2D eigenvalue weighted by Crippen LogP contribution is 2.25. The number of benzene rings is 1. The van der Waals surface area contributed by atoms with E-state index in [1.165, 1.54) is 57.8 Å². The fraction of sp³-hybridized carbons (Fsp3) is 0.619. The van der Waals surface area contributed by atoms with Crippen LogP contribution in [0.5, 0.6) is 0 Å². The van der Waals surface area contributed by atoms with Crippen LogP contribution in [0.25, 0.3) is 11.0 Å². The van der Waals surface area contributed by atoms with E-state index in [-0.39, 0.29) is 0 Å². The number of nitrogens with one attached hydrogen (secondary N) is 2. The summed E-state index contributed by atoms with van der Waals surface area (Å²) >= 11 is 5.86. The molecule has 0 radical (unpaired) electrons. The maximum absolute atomic E-state index is 5.86. The number of fused-ring (bicyclic) bond motifs is 1. The van der Waals surface area contributed by atoms with E-state index in [4.69, 9.17) is 17.2 Å². The van der Waals surface area contributed by atoms with Gasteiger partial charge in [-0.15, -0.1) is 0 Å². The van der Waals surface area contributed by atoms with Crippen molar-refractivity contribution in [2.45, 2.75) is 76.3 Å². The number of thiocarbonyl (C=S) groups is 1. The predicted octanol–water partition coefficient (Wildman–Crippen LogP) is 4.56. The van der Waals surface area contributed by atoms with Crippen molar-refractivity contribution in [3.63, 3.8) is 0 Å². The van der Waals surface area contributed by atoms with Crippen LogP contribution in [0.1, 0.15) is 63.6 Å². The fourth-order valence-corrected chi connectivity index (χ4v) is 4.93. The van der Waals surface area contributed by atoms with Crippen LogP contribution in [0.2, 0.25) is 0 Å². The molecule has 2 aliphatic carbocycles. The van der Waals surface area contributed by atoms with Crippen LogP contribution in [-0.4, -0.2) is 38.6 Å². The maximum Gasteiger partial charge on any atom is 0.169 e. The topological polar surface area (TPSA) is 44.0 Å². The van der Waals surface area contributed by atoms with Gasteiger partial charge in [-0.1, -0.05) is 44.2 Å².